The Morgan fingerprint density at radius 2 is 1.93 bits per heavy atom. The highest BCUT2D eigenvalue weighted by molar-refractivity contribution is 5.66. The van der Waals surface area contributed by atoms with Gasteiger partial charge in [0.15, 0.2) is 6.79 Å². The lowest BCUT2D eigenvalue weighted by Crippen LogP contribution is -2.14. The molecule has 150 valence electrons. The highest BCUT2D eigenvalue weighted by atomic mass is 19.1. The molecule has 1 N–H and O–H groups in total. The van der Waals surface area contributed by atoms with Crippen LogP contribution in [0.5, 0.6) is 11.5 Å². The molecule has 0 saturated heterocycles. The lowest BCUT2D eigenvalue weighted by Gasteiger charge is -2.21. The number of fused-ring (bicyclic) bond motifs is 1. The summed E-state index contributed by atoms with van der Waals surface area (Å²) >= 11 is 0. The van der Waals surface area contributed by atoms with E-state index in [9.17, 15) is 9.18 Å². The Balaban J connectivity index is 1.57. The van der Waals surface area contributed by atoms with Gasteiger partial charge in [-0.15, -0.1) is 0 Å². The minimum Gasteiger partial charge on any atom is -0.488 e. The van der Waals surface area contributed by atoms with Crippen molar-refractivity contribution in [2.24, 2.45) is 0 Å². The first kappa shape index (κ1) is 20.1. The number of benzene rings is 2. The van der Waals surface area contributed by atoms with Crippen LogP contribution >= 0.6 is 0 Å². The van der Waals surface area contributed by atoms with E-state index < -0.39 is 5.97 Å². The van der Waals surface area contributed by atoms with Crippen molar-refractivity contribution in [2.45, 2.75) is 51.7 Å². The molecule has 0 bridgehead atoms. The van der Waals surface area contributed by atoms with Crippen LogP contribution in [-0.4, -0.2) is 17.9 Å². The molecule has 6 heteroatoms. The van der Waals surface area contributed by atoms with Gasteiger partial charge in [0.1, 0.15) is 23.9 Å². The van der Waals surface area contributed by atoms with Crippen LogP contribution in [0, 0.1) is 5.82 Å². The van der Waals surface area contributed by atoms with Gasteiger partial charge in [0.05, 0.1) is 6.61 Å². The molecule has 0 aliphatic carbocycles. The quantitative estimate of drug-likeness (QED) is 0.590. The predicted octanol–water partition coefficient (Wildman–Crippen LogP) is 4.85. The number of carboxylic acids is 1. The zero-order valence-corrected chi connectivity index (χ0v) is 15.8. The number of hydrogen-bond donors (Lipinski definition) is 1. The van der Waals surface area contributed by atoms with E-state index in [1.165, 1.54) is 12.1 Å². The molecule has 0 atom stereocenters. The van der Waals surface area contributed by atoms with E-state index in [4.69, 9.17) is 19.3 Å². The third-order valence-electron chi connectivity index (χ3n) is 4.69. The highest BCUT2D eigenvalue weighted by Gasteiger charge is 2.17. The molecule has 0 spiro atoms. The van der Waals surface area contributed by atoms with E-state index in [1.54, 1.807) is 0 Å². The summed E-state index contributed by atoms with van der Waals surface area (Å²) < 4.78 is 30.6. The first-order valence-corrected chi connectivity index (χ1v) is 9.58. The maximum absolute atomic E-state index is 13.9. The Kier molecular flexibility index (Phi) is 7.25. The zero-order chi connectivity index (χ0) is 19.8. The molecular formula is C22H25FO5. The third-order valence-corrected chi connectivity index (χ3v) is 4.69. The lowest BCUT2D eigenvalue weighted by molar-refractivity contribution is -0.137. The van der Waals surface area contributed by atoms with Gasteiger partial charge in [-0.25, -0.2) is 4.39 Å². The standard InChI is InChI=1S/C22H25FO5/c23-19-11-17-13-26-15-28-22(17)18(12-19)14-27-20-9-6-5-8-16(20)7-3-1-2-4-10-21(24)25/h5-6,8-9,11-12H,1-4,7,10,13-15H2,(H,24,25). The highest BCUT2D eigenvalue weighted by Crippen LogP contribution is 2.31. The fourth-order valence-corrected chi connectivity index (χ4v) is 3.32. The summed E-state index contributed by atoms with van der Waals surface area (Å²) in [5.74, 6) is 0.344. The molecule has 0 saturated carbocycles. The van der Waals surface area contributed by atoms with Crippen LogP contribution in [0.3, 0.4) is 0 Å². The topological polar surface area (TPSA) is 65.0 Å². The summed E-state index contributed by atoms with van der Waals surface area (Å²) in [7, 11) is 0. The molecule has 28 heavy (non-hydrogen) atoms. The van der Waals surface area contributed by atoms with Crippen molar-refractivity contribution < 1.29 is 28.5 Å². The fraction of sp³-hybridized carbons (Fsp3) is 0.409. The normalized spacial score (nSPS) is 12.9. The maximum atomic E-state index is 13.9. The van der Waals surface area contributed by atoms with Crippen molar-refractivity contribution in [1.29, 1.82) is 0 Å². The molecule has 2 aromatic rings. The minimum absolute atomic E-state index is 0.157. The molecular weight excluding hydrogens is 363 g/mol. The summed E-state index contributed by atoms with van der Waals surface area (Å²) in [5.41, 5.74) is 2.46. The van der Waals surface area contributed by atoms with E-state index in [0.29, 0.717) is 29.9 Å². The number of carboxylic acid groups (broad SMARTS) is 1. The van der Waals surface area contributed by atoms with E-state index in [2.05, 4.69) is 0 Å². The molecule has 0 aromatic heterocycles. The van der Waals surface area contributed by atoms with Gasteiger partial charge in [-0.2, -0.15) is 0 Å². The number of carbonyl (C=O) groups is 1. The van der Waals surface area contributed by atoms with Crippen molar-refractivity contribution in [2.75, 3.05) is 6.79 Å². The number of halogens is 1. The average molecular weight is 388 g/mol. The predicted molar refractivity (Wildman–Crippen MR) is 102 cm³/mol. The van der Waals surface area contributed by atoms with Crippen LogP contribution in [0.1, 0.15) is 48.8 Å². The molecule has 0 unspecified atom stereocenters. The molecule has 1 aliphatic heterocycles. The number of unbranched alkanes of at least 4 members (excludes halogenated alkanes) is 3. The van der Waals surface area contributed by atoms with Crippen molar-refractivity contribution in [3.8, 4) is 11.5 Å². The first-order chi connectivity index (χ1) is 13.6. The van der Waals surface area contributed by atoms with Crippen LogP contribution in [0.15, 0.2) is 36.4 Å². The second-order valence-electron chi connectivity index (χ2n) is 6.87. The van der Waals surface area contributed by atoms with Crippen LogP contribution in [0.2, 0.25) is 0 Å². The Hall–Kier alpha value is -2.60. The smallest absolute Gasteiger partial charge is 0.303 e. The summed E-state index contributed by atoms with van der Waals surface area (Å²) in [6.45, 7) is 0.707. The van der Waals surface area contributed by atoms with Gasteiger partial charge in [0, 0.05) is 17.5 Å². The molecule has 1 heterocycles. The van der Waals surface area contributed by atoms with E-state index in [1.807, 2.05) is 24.3 Å². The van der Waals surface area contributed by atoms with Gasteiger partial charge in [-0.3, -0.25) is 4.79 Å². The minimum atomic E-state index is -0.742. The second kappa shape index (κ2) is 10.1. The summed E-state index contributed by atoms with van der Waals surface area (Å²) in [4.78, 5) is 10.5. The lowest BCUT2D eigenvalue weighted by atomic mass is 10.0. The number of hydrogen-bond acceptors (Lipinski definition) is 4. The van der Waals surface area contributed by atoms with Gasteiger partial charge < -0.3 is 19.3 Å². The Bertz CT molecular complexity index is 806. The van der Waals surface area contributed by atoms with Crippen LogP contribution in [0.25, 0.3) is 0 Å². The zero-order valence-electron chi connectivity index (χ0n) is 15.8. The largest absolute Gasteiger partial charge is 0.488 e. The summed E-state index contributed by atoms with van der Waals surface area (Å²) in [6.07, 6.45) is 4.65. The fourth-order valence-electron chi connectivity index (χ4n) is 3.32. The number of aliphatic carboxylic acids is 1. The Morgan fingerprint density at radius 3 is 2.79 bits per heavy atom. The molecule has 0 amide bonds. The van der Waals surface area contributed by atoms with E-state index in [-0.39, 0.29) is 25.6 Å². The molecule has 0 radical (unpaired) electrons. The van der Waals surface area contributed by atoms with Crippen LogP contribution < -0.4 is 9.47 Å². The number of para-hydroxylation sites is 1. The van der Waals surface area contributed by atoms with E-state index >= 15 is 0 Å². The molecule has 2 aromatic carbocycles. The van der Waals surface area contributed by atoms with Gasteiger partial charge in [0.25, 0.3) is 0 Å². The third kappa shape index (κ3) is 5.70. The molecule has 5 nitrogen and oxygen atoms in total. The van der Waals surface area contributed by atoms with E-state index in [0.717, 1.165) is 37.0 Å². The Morgan fingerprint density at radius 1 is 1.11 bits per heavy atom. The van der Waals surface area contributed by atoms with Gasteiger partial charge in [-0.05, 0) is 43.0 Å². The first-order valence-electron chi connectivity index (χ1n) is 9.58. The number of ether oxygens (including phenoxy) is 3. The summed E-state index contributed by atoms with van der Waals surface area (Å²) in [5, 5.41) is 8.67. The van der Waals surface area contributed by atoms with Crippen molar-refractivity contribution in [1.82, 2.24) is 0 Å². The summed E-state index contributed by atoms with van der Waals surface area (Å²) in [6, 6.07) is 10.7. The molecule has 3 rings (SSSR count). The van der Waals surface area contributed by atoms with Gasteiger partial charge in [0.2, 0.25) is 0 Å². The number of rotatable bonds is 10. The van der Waals surface area contributed by atoms with Crippen molar-refractivity contribution in [3.63, 3.8) is 0 Å². The van der Waals surface area contributed by atoms with Gasteiger partial charge >= 0.3 is 5.97 Å². The Labute approximate surface area is 164 Å². The second-order valence-corrected chi connectivity index (χ2v) is 6.87. The van der Waals surface area contributed by atoms with Crippen molar-refractivity contribution in [3.05, 3.63) is 58.9 Å². The van der Waals surface area contributed by atoms with Crippen LogP contribution in [0.4, 0.5) is 4.39 Å². The van der Waals surface area contributed by atoms with Crippen LogP contribution in [-0.2, 0) is 29.2 Å². The average Bonchev–Trinajstić information content (AvgIpc) is 2.69. The SMILES string of the molecule is O=C(O)CCCCCCc1ccccc1OCc1cc(F)cc2c1OCOC2. The van der Waals surface area contributed by atoms with Crippen molar-refractivity contribution >= 4 is 5.97 Å². The molecule has 1 aliphatic rings. The molecule has 0 fully saturated rings. The van der Waals surface area contributed by atoms with Gasteiger partial charge in [-0.1, -0.05) is 31.0 Å². The monoisotopic (exact) mass is 388 g/mol. The maximum Gasteiger partial charge on any atom is 0.303 e. The number of aryl methyl sites for hydroxylation is 1.